The summed E-state index contributed by atoms with van der Waals surface area (Å²) in [5.41, 5.74) is 0.863. The molecule has 1 N–H and O–H groups in total. The van der Waals surface area contributed by atoms with E-state index in [9.17, 15) is 4.79 Å². The van der Waals surface area contributed by atoms with Crippen LogP contribution in [0.2, 0.25) is 5.02 Å². The minimum atomic E-state index is -0.267. The summed E-state index contributed by atoms with van der Waals surface area (Å²) < 4.78 is 3.76. The zero-order valence-electron chi connectivity index (χ0n) is 14.2. The molecule has 2 heterocycles. The lowest BCUT2D eigenvalue weighted by molar-refractivity contribution is -0.115. The number of amides is 1. The van der Waals surface area contributed by atoms with Crippen molar-refractivity contribution in [1.82, 2.24) is 14.8 Å². The van der Waals surface area contributed by atoms with E-state index in [4.69, 9.17) is 11.6 Å². The number of halogens is 1. The zero-order chi connectivity index (χ0) is 18.0. The summed E-state index contributed by atoms with van der Waals surface area (Å²) in [6.45, 7) is 6.05. The fourth-order valence-corrected chi connectivity index (χ4v) is 4.66. The van der Waals surface area contributed by atoms with Crippen LogP contribution in [0.1, 0.15) is 33.2 Å². The minimum absolute atomic E-state index is 0.0626. The third-order valence-electron chi connectivity index (χ3n) is 3.91. The van der Waals surface area contributed by atoms with Crippen LogP contribution in [0.4, 0.5) is 5.82 Å². The minimum Gasteiger partial charge on any atom is -0.310 e. The van der Waals surface area contributed by atoms with E-state index < -0.39 is 0 Å². The maximum Gasteiger partial charge on any atom is 0.238 e. The first-order valence-corrected chi connectivity index (χ1v) is 10.1. The molecule has 0 radical (unpaired) electrons. The van der Waals surface area contributed by atoms with Crippen LogP contribution in [0, 0.1) is 0 Å². The van der Waals surface area contributed by atoms with Gasteiger partial charge in [-0.25, -0.2) is 9.67 Å². The second-order valence-corrected chi connectivity index (χ2v) is 8.81. The molecule has 132 valence electrons. The van der Waals surface area contributed by atoms with Crippen molar-refractivity contribution < 1.29 is 4.79 Å². The molecule has 0 unspecified atom stereocenters. The van der Waals surface area contributed by atoms with Gasteiger partial charge in [0.1, 0.15) is 5.82 Å². The topological polar surface area (TPSA) is 59.8 Å². The van der Waals surface area contributed by atoms with E-state index in [0.29, 0.717) is 5.02 Å². The van der Waals surface area contributed by atoms with Gasteiger partial charge in [0, 0.05) is 11.1 Å². The van der Waals surface area contributed by atoms with Crippen molar-refractivity contribution in [2.45, 2.75) is 42.8 Å². The summed E-state index contributed by atoms with van der Waals surface area (Å²) >= 11 is 9.02. The number of hydrogen-bond acceptors (Lipinski definition) is 5. The molecular weight excluding hydrogens is 376 g/mol. The number of nitrogens with zero attached hydrogens (tertiary/aromatic N) is 3. The predicted molar refractivity (Wildman–Crippen MR) is 106 cm³/mol. The summed E-state index contributed by atoms with van der Waals surface area (Å²) in [4.78, 5) is 17.1. The monoisotopic (exact) mass is 394 g/mol. The van der Waals surface area contributed by atoms with Gasteiger partial charge in [-0.15, -0.1) is 11.3 Å². The van der Waals surface area contributed by atoms with Crippen LogP contribution in [0.3, 0.4) is 0 Å². The standard InChI is InChI=1S/C17H19ClN4OS2/c1-4-10(2)22-15(7-8-19-22)21-16(23)11(3)24-17-20-13-9-12(18)5-6-14(13)25-17/h5-11H,4H2,1-3H3,(H,21,23)/t10-,11-/m1/s1. The van der Waals surface area contributed by atoms with Crippen LogP contribution in [0.25, 0.3) is 10.2 Å². The van der Waals surface area contributed by atoms with E-state index >= 15 is 0 Å². The van der Waals surface area contributed by atoms with Gasteiger partial charge in [0.05, 0.1) is 27.7 Å². The van der Waals surface area contributed by atoms with Crippen molar-refractivity contribution in [3.63, 3.8) is 0 Å². The molecular formula is C17H19ClN4OS2. The zero-order valence-corrected chi connectivity index (χ0v) is 16.6. The summed E-state index contributed by atoms with van der Waals surface area (Å²) in [7, 11) is 0. The molecule has 1 amide bonds. The number of thiazole rings is 1. The molecule has 2 atom stereocenters. The van der Waals surface area contributed by atoms with E-state index in [1.165, 1.54) is 11.8 Å². The Kier molecular flexibility index (Phi) is 5.66. The van der Waals surface area contributed by atoms with Gasteiger partial charge >= 0.3 is 0 Å². The predicted octanol–water partition coefficient (Wildman–Crippen LogP) is 5.24. The Bertz CT molecular complexity index is 892. The largest absolute Gasteiger partial charge is 0.310 e. The van der Waals surface area contributed by atoms with E-state index in [1.807, 2.05) is 35.9 Å². The second kappa shape index (κ2) is 7.76. The molecule has 3 aromatic rings. The number of fused-ring (bicyclic) bond motifs is 1. The van der Waals surface area contributed by atoms with E-state index in [1.54, 1.807) is 17.5 Å². The fourth-order valence-electron chi connectivity index (χ4n) is 2.30. The number of rotatable bonds is 6. The van der Waals surface area contributed by atoms with E-state index in [-0.39, 0.29) is 17.2 Å². The first-order valence-electron chi connectivity index (χ1n) is 8.05. The number of benzene rings is 1. The maximum absolute atomic E-state index is 12.5. The third kappa shape index (κ3) is 4.16. The Labute approximate surface area is 159 Å². The van der Waals surface area contributed by atoms with Crippen molar-refractivity contribution in [3.8, 4) is 0 Å². The lowest BCUT2D eigenvalue weighted by Crippen LogP contribution is -2.24. The highest BCUT2D eigenvalue weighted by Crippen LogP contribution is 2.33. The molecule has 5 nitrogen and oxygen atoms in total. The summed E-state index contributed by atoms with van der Waals surface area (Å²) in [5.74, 6) is 0.662. The maximum atomic E-state index is 12.5. The van der Waals surface area contributed by atoms with Crippen molar-refractivity contribution in [1.29, 1.82) is 0 Å². The van der Waals surface area contributed by atoms with Crippen LogP contribution in [0.5, 0.6) is 0 Å². The van der Waals surface area contributed by atoms with E-state index in [0.717, 1.165) is 26.8 Å². The van der Waals surface area contributed by atoms with Gasteiger partial charge in [-0.3, -0.25) is 4.79 Å². The molecule has 0 saturated heterocycles. The molecule has 0 aliphatic heterocycles. The van der Waals surface area contributed by atoms with Crippen LogP contribution >= 0.6 is 34.7 Å². The molecule has 0 fully saturated rings. The van der Waals surface area contributed by atoms with Crippen LogP contribution in [0.15, 0.2) is 34.8 Å². The molecule has 3 rings (SSSR count). The summed E-state index contributed by atoms with van der Waals surface area (Å²) in [5, 5.41) is 7.66. The smallest absolute Gasteiger partial charge is 0.238 e. The Hall–Kier alpha value is -1.57. The normalized spacial score (nSPS) is 13.8. The van der Waals surface area contributed by atoms with Crippen molar-refractivity contribution in [2.75, 3.05) is 5.32 Å². The Morgan fingerprint density at radius 3 is 2.96 bits per heavy atom. The highest BCUT2D eigenvalue weighted by Gasteiger charge is 2.19. The number of carbonyl (C=O) groups is 1. The second-order valence-electron chi connectivity index (χ2n) is 5.76. The number of carbonyl (C=O) groups excluding carboxylic acids is 1. The van der Waals surface area contributed by atoms with Gasteiger partial charge in [-0.1, -0.05) is 30.3 Å². The van der Waals surface area contributed by atoms with Crippen molar-refractivity contribution in [3.05, 3.63) is 35.5 Å². The molecule has 8 heteroatoms. The first-order chi connectivity index (χ1) is 12.0. The van der Waals surface area contributed by atoms with Crippen molar-refractivity contribution in [2.24, 2.45) is 0 Å². The number of aromatic nitrogens is 3. The molecule has 2 aromatic heterocycles. The molecule has 0 aliphatic carbocycles. The lowest BCUT2D eigenvalue weighted by atomic mass is 10.3. The Balaban J connectivity index is 1.69. The van der Waals surface area contributed by atoms with E-state index in [2.05, 4.69) is 29.2 Å². The number of anilines is 1. The van der Waals surface area contributed by atoms with Crippen LogP contribution < -0.4 is 5.32 Å². The Morgan fingerprint density at radius 1 is 1.40 bits per heavy atom. The number of hydrogen-bond donors (Lipinski definition) is 1. The van der Waals surface area contributed by atoms with Gasteiger partial charge < -0.3 is 5.32 Å². The Morgan fingerprint density at radius 2 is 2.20 bits per heavy atom. The average molecular weight is 395 g/mol. The average Bonchev–Trinajstić information content (AvgIpc) is 3.19. The highest BCUT2D eigenvalue weighted by molar-refractivity contribution is 8.02. The molecule has 0 aliphatic rings. The SMILES string of the molecule is CC[C@@H](C)n1nccc1NC(=O)[C@@H](C)Sc1nc2cc(Cl)ccc2s1. The quantitative estimate of drug-likeness (QED) is 0.581. The van der Waals surface area contributed by atoms with Gasteiger partial charge in [0.15, 0.2) is 4.34 Å². The lowest BCUT2D eigenvalue weighted by Gasteiger charge is -2.15. The van der Waals surface area contributed by atoms with Gasteiger partial charge in [-0.2, -0.15) is 5.10 Å². The number of thioether (sulfide) groups is 1. The fraction of sp³-hybridized carbons (Fsp3) is 0.353. The van der Waals surface area contributed by atoms with Gasteiger partial charge in [0.25, 0.3) is 0 Å². The van der Waals surface area contributed by atoms with Gasteiger partial charge in [-0.05, 0) is 38.5 Å². The van der Waals surface area contributed by atoms with Crippen LogP contribution in [-0.4, -0.2) is 25.9 Å². The molecule has 0 bridgehead atoms. The first kappa shape index (κ1) is 18.2. The molecule has 0 spiro atoms. The molecule has 25 heavy (non-hydrogen) atoms. The number of nitrogens with one attached hydrogen (secondary N) is 1. The molecule has 1 aromatic carbocycles. The van der Waals surface area contributed by atoms with Crippen molar-refractivity contribution >= 4 is 56.6 Å². The third-order valence-corrected chi connectivity index (χ3v) is 6.37. The highest BCUT2D eigenvalue weighted by atomic mass is 35.5. The van der Waals surface area contributed by atoms with Gasteiger partial charge in [0.2, 0.25) is 5.91 Å². The summed E-state index contributed by atoms with van der Waals surface area (Å²) in [6.07, 6.45) is 2.65. The molecule has 0 saturated carbocycles. The van der Waals surface area contributed by atoms with Crippen LogP contribution in [-0.2, 0) is 4.79 Å². The summed E-state index contributed by atoms with van der Waals surface area (Å²) in [6, 6.07) is 7.70.